The Labute approximate surface area is 211 Å². The van der Waals surface area contributed by atoms with Gasteiger partial charge in [0.15, 0.2) is 0 Å². The van der Waals surface area contributed by atoms with Crippen LogP contribution in [0.5, 0.6) is 11.5 Å². The zero-order valence-corrected chi connectivity index (χ0v) is 21.7. The first kappa shape index (κ1) is 26.7. The number of rotatable bonds is 12. The molecular weight excluding hydrogens is 485 g/mol. The number of nitrogens with zero attached hydrogens (tertiary/aromatic N) is 1. The molecule has 2 aromatic carbocycles. The van der Waals surface area contributed by atoms with Crippen LogP contribution in [-0.2, 0) is 13.9 Å². The van der Waals surface area contributed by atoms with Gasteiger partial charge in [-0.05, 0) is 56.7 Å². The maximum atomic E-state index is 14.0. The number of hydrogen-bond acceptors (Lipinski definition) is 7. The molecule has 0 aliphatic heterocycles. The van der Waals surface area contributed by atoms with Crippen LogP contribution in [0.4, 0.5) is 0 Å². The van der Waals surface area contributed by atoms with Gasteiger partial charge in [-0.3, -0.25) is 4.52 Å². The van der Waals surface area contributed by atoms with Crippen LogP contribution in [0.25, 0.3) is 0 Å². The van der Waals surface area contributed by atoms with E-state index in [4.69, 9.17) is 30.6 Å². The summed E-state index contributed by atoms with van der Waals surface area (Å²) in [5.41, 5.74) is -1.21. The van der Waals surface area contributed by atoms with E-state index in [0.717, 1.165) is 12.8 Å². The van der Waals surface area contributed by atoms with Crippen molar-refractivity contribution in [2.75, 3.05) is 0 Å². The Hall–Kier alpha value is -2.93. The Balaban J connectivity index is 1.91. The molecule has 0 fully saturated rings. The minimum absolute atomic E-state index is 0.317. The highest BCUT2D eigenvalue weighted by atomic mass is 32.1. The van der Waals surface area contributed by atoms with Gasteiger partial charge in [-0.2, -0.15) is 4.73 Å². The maximum absolute atomic E-state index is 14.0. The molecule has 0 N–H and O–H groups in total. The van der Waals surface area contributed by atoms with Gasteiger partial charge >= 0.3 is 13.8 Å². The Kier molecular flexibility index (Phi) is 9.26. The number of carbonyl (C=O) groups is 1. The summed E-state index contributed by atoms with van der Waals surface area (Å²) in [5, 5.41) is 0. The van der Waals surface area contributed by atoms with Crippen molar-refractivity contribution in [1.82, 2.24) is 4.73 Å². The monoisotopic (exact) mass is 515 g/mol. The van der Waals surface area contributed by atoms with Crippen LogP contribution in [0.15, 0.2) is 85.1 Å². The normalized spacial score (nSPS) is 12.5. The first-order chi connectivity index (χ1) is 16.7. The Morgan fingerprint density at radius 2 is 1.49 bits per heavy atom. The van der Waals surface area contributed by atoms with Crippen molar-refractivity contribution in [3.63, 3.8) is 0 Å². The van der Waals surface area contributed by atoms with Gasteiger partial charge in [0.2, 0.25) is 0 Å². The zero-order chi connectivity index (χ0) is 25.3. The number of pyridine rings is 1. The second-order valence-corrected chi connectivity index (χ2v) is 10.3. The van der Waals surface area contributed by atoms with Gasteiger partial charge in [0.05, 0.1) is 11.5 Å². The molecule has 1 unspecified atom stereocenters. The summed E-state index contributed by atoms with van der Waals surface area (Å²) in [4.78, 5) is 18.8. The lowest BCUT2D eigenvalue weighted by Crippen LogP contribution is -2.44. The van der Waals surface area contributed by atoms with Gasteiger partial charge in [-0.1, -0.05) is 74.4 Å². The molecule has 1 aromatic heterocycles. The number of phosphoric acid groups is 1. The highest BCUT2D eigenvalue weighted by Crippen LogP contribution is 2.53. The number of benzene rings is 2. The van der Waals surface area contributed by atoms with E-state index in [1.54, 1.807) is 86.8 Å². The topological polar surface area (TPSA) is 76.0 Å². The molecule has 0 aliphatic rings. The third-order valence-electron chi connectivity index (χ3n) is 5.30. The van der Waals surface area contributed by atoms with E-state index in [1.807, 2.05) is 19.1 Å². The smallest absolute Gasteiger partial charge is 0.395 e. The molecule has 0 spiro atoms. The third-order valence-corrected chi connectivity index (χ3v) is 7.00. The number of aromatic nitrogens is 1. The van der Waals surface area contributed by atoms with E-state index in [0.29, 0.717) is 22.6 Å². The Bertz CT molecular complexity index is 1150. The molecule has 1 atom stereocenters. The average Bonchev–Trinajstić information content (AvgIpc) is 2.84. The SMILES string of the molecule is CCCCC(OP(=O)(Oc1ccccc1)Oc1ccccc1)C(C)(C)C(=O)On1ccccc1=S. The molecule has 3 aromatic rings. The van der Waals surface area contributed by atoms with E-state index in [1.165, 1.54) is 4.73 Å². The molecule has 0 saturated heterocycles. The summed E-state index contributed by atoms with van der Waals surface area (Å²) in [5.74, 6) is 0.0424. The number of hydrogen-bond donors (Lipinski definition) is 0. The first-order valence-corrected chi connectivity index (χ1v) is 13.3. The second kappa shape index (κ2) is 12.2. The molecule has 35 heavy (non-hydrogen) atoms. The fraction of sp³-hybridized carbons (Fsp3) is 0.308. The van der Waals surface area contributed by atoms with Gasteiger partial charge in [-0.25, -0.2) is 9.36 Å². The van der Waals surface area contributed by atoms with Crippen LogP contribution >= 0.6 is 20.0 Å². The summed E-state index contributed by atoms with van der Waals surface area (Å²) >= 11 is 5.23. The molecule has 3 rings (SSSR count). The van der Waals surface area contributed by atoms with Crippen molar-refractivity contribution in [2.45, 2.75) is 46.1 Å². The van der Waals surface area contributed by atoms with Crippen LogP contribution < -0.4 is 13.9 Å². The maximum Gasteiger partial charge on any atom is 0.587 e. The number of phosphoric ester groups is 1. The third kappa shape index (κ3) is 7.52. The summed E-state index contributed by atoms with van der Waals surface area (Å²) < 4.78 is 33.1. The molecular formula is C26H30NO6PS. The minimum Gasteiger partial charge on any atom is -0.395 e. The molecule has 7 nitrogen and oxygen atoms in total. The molecule has 0 bridgehead atoms. The Morgan fingerprint density at radius 3 is 2.00 bits per heavy atom. The van der Waals surface area contributed by atoms with Crippen molar-refractivity contribution >= 4 is 26.0 Å². The van der Waals surface area contributed by atoms with Crippen LogP contribution in [0.3, 0.4) is 0 Å². The predicted molar refractivity (Wildman–Crippen MR) is 137 cm³/mol. The highest BCUT2D eigenvalue weighted by Gasteiger charge is 2.46. The molecule has 9 heteroatoms. The fourth-order valence-corrected chi connectivity index (χ4v) is 4.94. The van der Waals surface area contributed by atoms with Gasteiger partial charge in [0, 0.05) is 6.20 Å². The van der Waals surface area contributed by atoms with Crippen molar-refractivity contribution < 1.29 is 27.8 Å². The molecule has 0 radical (unpaired) electrons. The molecule has 0 amide bonds. The van der Waals surface area contributed by atoms with Crippen LogP contribution in [-0.4, -0.2) is 16.8 Å². The van der Waals surface area contributed by atoms with Crippen molar-refractivity contribution in [3.05, 3.63) is 89.7 Å². The van der Waals surface area contributed by atoms with Crippen LogP contribution in [0.1, 0.15) is 40.0 Å². The van der Waals surface area contributed by atoms with Gasteiger partial charge < -0.3 is 13.9 Å². The van der Waals surface area contributed by atoms with E-state index >= 15 is 0 Å². The van der Waals surface area contributed by atoms with Gasteiger partial charge in [-0.15, -0.1) is 0 Å². The second-order valence-electron chi connectivity index (χ2n) is 8.46. The predicted octanol–water partition coefficient (Wildman–Crippen LogP) is 7.04. The lowest BCUT2D eigenvalue weighted by atomic mass is 9.84. The van der Waals surface area contributed by atoms with Gasteiger partial charge in [0.1, 0.15) is 16.1 Å². The average molecular weight is 516 g/mol. The summed E-state index contributed by atoms with van der Waals surface area (Å²) in [7, 11) is -4.22. The van der Waals surface area contributed by atoms with E-state index in [9.17, 15) is 9.36 Å². The van der Waals surface area contributed by atoms with Crippen LogP contribution in [0, 0.1) is 10.1 Å². The minimum atomic E-state index is -4.22. The molecule has 1 heterocycles. The van der Waals surface area contributed by atoms with Crippen LogP contribution in [0.2, 0.25) is 0 Å². The van der Waals surface area contributed by atoms with Crippen molar-refractivity contribution in [1.29, 1.82) is 0 Å². The lowest BCUT2D eigenvalue weighted by Gasteiger charge is -2.33. The summed E-state index contributed by atoms with van der Waals surface area (Å²) in [6.45, 7) is 5.38. The van der Waals surface area contributed by atoms with E-state index < -0.39 is 25.3 Å². The number of unbranched alkanes of at least 4 members (excludes halogenated alkanes) is 1. The number of para-hydroxylation sites is 2. The fourth-order valence-electron chi connectivity index (χ4n) is 3.20. The van der Waals surface area contributed by atoms with Gasteiger partial charge in [0.25, 0.3) is 0 Å². The molecule has 0 saturated carbocycles. The van der Waals surface area contributed by atoms with E-state index in [2.05, 4.69) is 0 Å². The largest absolute Gasteiger partial charge is 0.587 e. The number of carbonyl (C=O) groups excluding carboxylic acids is 1. The zero-order valence-electron chi connectivity index (χ0n) is 20.0. The molecule has 186 valence electrons. The quantitative estimate of drug-likeness (QED) is 0.189. The lowest BCUT2D eigenvalue weighted by molar-refractivity contribution is -0.160. The first-order valence-electron chi connectivity index (χ1n) is 11.4. The van der Waals surface area contributed by atoms with Crippen molar-refractivity contribution in [2.24, 2.45) is 5.41 Å². The summed E-state index contributed by atoms with van der Waals surface area (Å²) in [6, 6.07) is 22.4. The standard InChI is InChI=1S/C26H30NO6PS/c1-4-5-18-23(26(2,3)25(28)30-27-20-13-12-19-24(27)35)33-34(29,31-21-14-8-6-9-15-21)32-22-16-10-7-11-17-22/h6-17,19-20,23H,4-5,18H2,1-3H3. The summed E-state index contributed by atoms with van der Waals surface area (Å²) in [6.07, 6.45) is 2.71. The van der Waals surface area contributed by atoms with E-state index in [-0.39, 0.29) is 0 Å². The highest BCUT2D eigenvalue weighted by molar-refractivity contribution is 7.71. The Morgan fingerprint density at radius 1 is 0.943 bits per heavy atom. The molecule has 0 aliphatic carbocycles. The van der Waals surface area contributed by atoms with Crippen molar-refractivity contribution in [3.8, 4) is 11.5 Å².